The molecule has 0 radical (unpaired) electrons. The molecule has 1 aromatic heterocycles. The van der Waals surface area contributed by atoms with Gasteiger partial charge in [0.15, 0.2) is 0 Å². The minimum Gasteiger partial charge on any atom is -0.456 e. The van der Waals surface area contributed by atoms with Gasteiger partial charge in [-0.3, -0.25) is 9.59 Å². The van der Waals surface area contributed by atoms with Gasteiger partial charge in [-0.05, 0) is 63.4 Å². The Morgan fingerprint density at radius 2 is 1.76 bits per heavy atom. The molecule has 0 N–H and O–H groups in total. The SMILES string of the molecule is CCCN1CC(=O)N2[C@@H](Cc3c(n(Cc4ccc(C(=O)OC(C)(C)C)cc4)c4ccccc34)[C@@H]2C)C1=O. The number of hydrogen-bond acceptors (Lipinski definition) is 4. The van der Waals surface area contributed by atoms with Crippen molar-refractivity contribution >= 4 is 28.7 Å². The second-order valence-electron chi connectivity index (χ2n) is 11.1. The minimum atomic E-state index is -0.548. The predicted molar refractivity (Wildman–Crippen MR) is 142 cm³/mol. The average Bonchev–Trinajstić information content (AvgIpc) is 3.15. The van der Waals surface area contributed by atoms with Crippen LogP contribution in [0.1, 0.15) is 74.3 Å². The molecule has 1 fully saturated rings. The summed E-state index contributed by atoms with van der Waals surface area (Å²) in [6.45, 7) is 11.0. The maximum absolute atomic E-state index is 13.3. The molecule has 7 nitrogen and oxygen atoms in total. The number of piperazine rings is 1. The topological polar surface area (TPSA) is 71.8 Å². The van der Waals surface area contributed by atoms with Gasteiger partial charge in [0.05, 0.1) is 18.2 Å². The third-order valence-corrected chi connectivity index (χ3v) is 7.30. The summed E-state index contributed by atoms with van der Waals surface area (Å²) in [6.07, 6.45) is 1.36. The van der Waals surface area contributed by atoms with Crippen molar-refractivity contribution in [2.45, 2.75) is 71.7 Å². The van der Waals surface area contributed by atoms with Crippen LogP contribution in [0, 0.1) is 0 Å². The number of hydrogen-bond donors (Lipinski definition) is 0. The summed E-state index contributed by atoms with van der Waals surface area (Å²) >= 11 is 0. The Morgan fingerprint density at radius 3 is 2.43 bits per heavy atom. The highest BCUT2D eigenvalue weighted by Crippen LogP contribution is 2.41. The highest BCUT2D eigenvalue weighted by molar-refractivity contribution is 5.97. The average molecular weight is 502 g/mol. The quantitative estimate of drug-likeness (QED) is 0.475. The van der Waals surface area contributed by atoms with Crippen LogP contribution in [0.25, 0.3) is 10.9 Å². The van der Waals surface area contributed by atoms with E-state index in [9.17, 15) is 14.4 Å². The van der Waals surface area contributed by atoms with E-state index in [0.717, 1.165) is 34.1 Å². The first-order valence-corrected chi connectivity index (χ1v) is 13.1. The molecular formula is C30H35N3O4. The van der Waals surface area contributed by atoms with Crippen molar-refractivity contribution in [2.75, 3.05) is 13.1 Å². The van der Waals surface area contributed by atoms with E-state index in [4.69, 9.17) is 4.74 Å². The fourth-order valence-corrected chi connectivity index (χ4v) is 5.81. The lowest BCUT2D eigenvalue weighted by molar-refractivity contribution is -0.159. The van der Waals surface area contributed by atoms with Crippen molar-refractivity contribution in [3.05, 3.63) is 70.9 Å². The van der Waals surface area contributed by atoms with Crippen molar-refractivity contribution in [3.8, 4) is 0 Å². The van der Waals surface area contributed by atoms with Crippen LogP contribution < -0.4 is 0 Å². The summed E-state index contributed by atoms with van der Waals surface area (Å²) < 4.78 is 7.76. The predicted octanol–water partition coefficient (Wildman–Crippen LogP) is 4.71. The Kier molecular flexibility index (Phi) is 6.34. The van der Waals surface area contributed by atoms with Crippen LogP contribution in [0.5, 0.6) is 0 Å². The van der Waals surface area contributed by atoms with E-state index in [0.29, 0.717) is 25.1 Å². The number of fused-ring (bicyclic) bond motifs is 4. The molecule has 3 heterocycles. The Labute approximate surface area is 218 Å². The van der Waals surface area contributed by atoms with Crippen LogP contribution in [-0.2, 0) is 27.3 Å². The molecule has 5 rings (SSSR count). The van der Waals surface area contributed by atoms with E-state index in [1.807, 2.05) is 58.9 Å². The Balaban J connectivity index is 1.51. The number of benzene rings is 2. The molecule has 1 saturated heterocycles. The Bertz CT molecular complexity index is 1370. The molecular weight excluding hydrogens is 466 g/mol. The third-order valence-electron chi connectivity index (χ3n) is 7.30. The highest BCUT2D eigenvalue weighted by atomic mass is 16.6. The number of carbonyl (C=O) groups is 3. The third kappa shape index (κ3) is 4.52. The van der Waals surface area contributed by atoms with Crippen molar-refractivity contribution in [1.29, 1.82) is 0 Å². The van der Waals surface area contributed by atoms with Crippen LogP contribution in [0.3, 0.4) is 0 Å². The lowest BCUT2D eigenvalue weighted by atomic mass is 9.89. The second-order valence-corrected chi connectivity index (χ2v) is 11.1. The minimum absolute atomic E-state index is 0.00900. The lowest BCUT2D eigenvalue weighted by Gasteiger charge is -2.46. The lowest BCUT2D eigenvalue weighted by Crippen LogP contribution is -2.62. The van der Waals surface area contributed by atoms with Gasteiger partial charge >= 0.3 is 5.97 Å². The molecule has 2 atom stereocenters. The number of ether oxygens (including phenoxy) is 1. The van der Waals surface area contributed by atoms with Gasteiger partial charge in [-0.1, -0.05) is 37.3 Å². The van der Waals surface area contributed by atoms with E-state index in [-0.39, 0.29) is 30.4 Å². The van der Waals surface area contributed by atoms with Crippen molar-refractivity contribution in [2.24, 2.45) is 0 Å². The van der Waals surface area contributed by atoms with Gasteiger partial charge in [0, 0.05) is 36.1 Å². The van der Waals surface area contributed by atoms with Crippen molar-refractivity contribution in [3.63, 3.8) is 0 Å². The standard InChI is InChI=1S/C30H35N3O4/c1-6-15-31-18-26(34)33-19(2)27-23(16-25(33)28(31)35)22-9-7-8-10-24(22)32(27)17-20-11-13-21(14-12-20)29(36)37-30(3,4)5/h7-14,19,25H,6,15-18H2,1-5H3/t19-,25-/m0/s1. The van der Waals surface area contributed by atoms with Crippen LogP contribution in [-0.4, -0.2) is 56.9 Å². The molecule has 0 saturated carbocycles. The van der Waals surface area contributed by atoms with Gasteiger partial charge in [0.1, 0.15) is 11.6 Å². The van der Waals surface area contributed by atoms with Gasteiger partial charge in [-0.25, -0.2) is 4.79 Å². The number of rotatable bonds is 5. The molecule has 2 amide bonds. The molecule has 2 aliphatic heterocycles. The molecule has 2 aromatic carbocycles. The first-order chi connectivity index (χ1) is 17.6. The maximum Gasteiger partial charge on any atom is 0.338 e. The molecule has 7 heteroatoms. The molecule has 194 valence electrons. The fourth-order valence-electron chi connectivity index (χ4n) is 5.81. The monoisotopic (exact) mass is 501 g/mol. The van der Waals surface area contributed by atoms with Gasteiger partial charge in [0.25, 0.3) is 0 Å². The van der Waals surface area contributed by atoms with Gasteiger partial charge in [-0.15, -0.1) is 0 Å². The number of para-hydroxylation sites is 1. The number of aromatic nitrogens is 1. The van der Waals surface area contributed by atoms with Gasteiger partial charge in [-0.2, -0.15) is 0 Å². The first kappa shape index (κ1) is 25.1. The smallest absolute Gasteiger partial charge is 0.338 e. The number of carbonyl (C=O) groups excluding carboxylic acids is 3. The number of esters is 1. The number of amides is 2. The summed E-state index contributed by atoms with van der Waals surface area (Å²) in [5.41, 5.74) is 4.32. The zero-order valence-electron chi connectivity index (χ0n) is 22.3. The molecule has 3 aromatic rings. The van der Waals surface area contributed by atoms with Gasteiger partial charge < -0.3 is 19.1 Å². The van der Waals surface area contributed by atoms with Crippen LogP contribution >= 0.6 is 0 Å². The zero-order valence-corrected chi connectivity index (χ0v) is 22.3. The van der Waals surface area contributed by atoms with E-state index >= 15 is 0 Å². The van der Waals surface area contributed by atoms with Crippen molar-refractivity contribution in [1.82, 2.24) is 14.4 Å². The second kappa shape index (κ2) is 9.36. The molecule has 0 aliphatic carbocycles. The Morgan fingerprint density at radius 1 is 1.05 bits per heavy atom. The zero-order chi connectivity index (χ0) is 26.5. The summed E-state index contributed by atoms with van der Waals surface area (Å²) in [5.74, 6) is -0.281. The Hall–Kier alpha value is -3.61. The molecule has 0 bridgehead atoms. The summed E-state index contributed by atoms with van der Waals surface area (Å²) in [6, 6.07) is 15.1. The largest absolute Gasteiger partial charge is 0.456 e. The molecule has 0 unspecified atom stereocenters. The molecule has 0 spiro atoms. The summed E-state index contributed by atoms with van der Waals surface area (Å²) in [5, 5.41) is 1.13. The van der Waals surface area contributed by atoms with Crippen LogP contribution in [0.2, 0.25) is 0 Å². The summed E-state index contributed by atoms with van der Waals surface area (Å²) in [4.78, 5) is 42.6. The van der Waals surface area contributed by atoms with Crippen LogP contribution in [0.4, 0.5) is 0 Å². The molecule has 2 aliphatic rings. The van der Waals surface area contributed by atoms with E-state index in [1.54, 1.807) is 21.9 Å². The van der Waals surface area contributed by atoms with Crippen LogP contribution in [0.15, 0.2) is 48.5 Å². The normalized spacial score (nSPS) is 19.7. The fraction of sp³-hybridized carbons (Fsp3) is 0.433. The molecule has 37 heavy (non-hydrogen) atoms. The van der Waals surface area contributed by atoms with Gasteiger partial charge in [0.2, 0.25) is 11.8 Å². The highest BCUT2D eigenvalue weighted by Gasteiger charge is 2.46. The summed E-state index contributed by atoms with van der Waals surface area (Å²) in [7, 11) is 0. The van der Waals surface area contributed by atoms with E-state index < -0.39 is 11.6 Å². The van der Waals surface area contributed by atoms with E-state index in [1.165, 1.54) is 0 Å². The van der Waals surface area contributed by atoms with E-state index in [2.05, 4.69) is 16.7 Å². The number of nitrogens with zero attached hydrogens (tertiary/aromatic N) is 3. The maximum atomic E-state index is 13.3. The first-order valence-electron chi connectivity index (χ1n) is 13.1. The van der Waals surface area contributed by atoms with Crippen molar-refractivity contribution < 1.29 is 19.1 Å².